The Hall–Kier alpha value is -3.01. The van der Waals surface area contributed by atoms with Gasteiger partial charge in [0.1, 0.15) is 0 Å². The summed E-state index contributed by atoms with van der Waals surface area (Å²) in [7, 11) is 0. The topological polar surface area (TPSA) is 42.5 Å². The highest BCUT2D eigenvalue weighted by molar-refractivity contribution is 6.01. The number of pyridine rings is 1. The first kappa shape index (κ1) is 17.8. The van der Waals surface area contributed by atoms with Crippen LogP contribution in [0.25, 0.3) is 0 Å². The van der Waals surface area contributed by atoms with Crippen molar-refractivity contribution in [2.45, 2.75) is 34.6 Å². The number of hydrogen-bond donors (Lipinski definition) is 0. The maximum Gasteiger partial charge on any atom is 0.0867 e. The van der Waals surface area contributed by atoms with Crippen molar-refractivity contribution in [3.8, 4) is 0 Å². The average Bonchev–Trinajstić information content (AvgIpc) is 3.11. The first-order valence-corrected chi connectivity index (χ1v) is 8.73. The quantitative estimate of drug-likeness (QED) is 0.598. The third-order valence-electron chi connectivity index (χ3n) is 4.26. The Kier molecular flexibility index (Phi) is 5.12. The molecular weight excluding hydrogens is 320 g/mol. The van der Waals surface area contributed by atoms with Gasteiger partial charge in [-0.15, -0.1) is 0 Å². The van der Waals surface area contributed by atoms with Crippen LogP contribution >= 0.6 is 0 Å². The van der Waals surface area contributed by atoms with Crippen LogP contribution in [0, 0.1) is 20.8 Å². The van der Waals surface area contributed by atoms with Crippen LogP contribution in [0.5, 0.6) is 0 Å². The smallest absolute Gasteiger partial charge is 0.0867 e. The summed E-state index contributed by atoms with van der Waals surface area (Å²) in [4.78, 5) is 9.61. The van der Waals surface area contributed by atoms with E-state index in [0.717, 1.165) is 28.5 Å². The SMILES string of the molecule is CC(=Nc1c(C)cc(C)cc1C)c1cccc(/C(C)=N/n2cccc2)n1. The molecule has 0 saturated carbocycles. The highest BCUT2D eigenvalue weighted by Crippen LogP contribution is 2.25. The molecule has 0 bridgehead atoms. The summed E-state index contributed by atoms with van der Waals surface area (Å²) in [5, 5.41) is 4.54. The van der Waals surface area contributed by atoms with Crippen molar-refractivity contribution in [1.82, 2.24) is 9.66 Å². The Morgan fingerprint density at radius 1 is 0.846 bits per heavy atom. The molecule has 0 aliphatic rings. The Bertz CT molecular complexity index is 956. The van der Waals surface area contributed by atoms with E-state index in [1.165, 1.54) is 16.7 Å². The fraction of sp³-hybridized carbons (Fsp3) is 0.227. The van der Waals surface area contributed by atoms with Crippen LogP contribution in [0.3, 0.4) is 0 Å². The monoisotopic (exact) mass is 344 g/mol. The standard InChI is InChI=1S/C22H24N4/c1-15-13-16(2)22(17(3)14-15)23-18(4)20-9-8-10-21(24-20)19(5)25-26-11-6-7-12-26/h6-14H,1-5H3/b23-18?,25-19+. The minimum absolute atomic E-state index is 0.850. The summed E-state index contributed by atoms with van der Waals surface area (Å²) in [6, 6.07) is 14.2. The molecule has 0 radical (unpaired) electrons. The number of nitrogens with zero attached hydrogens (tertiary/aromatic N) is 4. The first-order valence-electron chi connectivity index (χ1n) is 8.73. The van der Waals surface area contributed by atoms with Crippen LogP contribution in [0.4, 0.5) is 5.69 Å². The van der Waals surface area contributed by atoms with E-state index in [4.69, 9.17) is 9.98 Å². The molecule has 0 spiro atoms. The highest BCUT2D eigenvalue weighted by atomic mass is 15.3. The van der Waals surface area contributed by atoms with E-state index < -0.39 is 0 Å². The second kappa shape index (κ2) is 7.48. The normalized spacial score (nSPS) is 12.5. The van der Waals surface area contributed by atoms with Gasteiger partial charge in [0.2, 0.25) is 0 Å². The molecule has 3 aromatic rings. The molecule has 26 heavy (non-hydrogen) atoms. The van der Waals surface area contributed by atoms with Crippen LogP contribution in [0.2, 0.25) is 0 Å². The summed E-state index contributed by atoms with van der Waals surface area (Å²) in [5.74, 6) is 0. The molecule has 1 aromatic carbocycles. The van der Waals surface area contributed by atoms with E-state index in [2.05, 4.69) is 38.0 Å². The molecule has 0 aliphatic carbocycles. The summed E-state index contributed by atoms with van der Waals surface area (Å²) in [6.45, 7) is 10.3. The number of rotatable bonds is 4. The van der Waals surface area contributed by atoms with E-state index in [0.29, 0.717) is 0 Å². The fourth-order valence-corrected chi connectivity index (χ4v) is 3.03. The molecule has 0 saturated heterocycles. The maximum atomic E-state index is 4.85. The number of hydrogen-bond acceptors (Lipinski definition) is 3. The predicted octanol–water partition coefficient (Wildman–Crippen LogP) is 5.22. The van der Waals surface area contributed by atoms with E-state index in [9.17, 15) is 0 Å². The zero-order chi connectivity index (χ0) is 18.7. The van der Waals surface area contributed by atoms with Crippen molar-refractivity contribution in [2.75, 3.05) is 0 Å². The highest BCUT2D eigenvalue weighted by Gasteiger charge is 2.07. The van der Waals surface area contributed by atoms with Crippen LogP contribution in [0.15, 0.2) is 65.0 Å². The van der Waals surface area contributed by atoms with Gasteiger partial charge in [0, 0.05) is 12.4 Å². The van der Waals surface area contributed by atoms with Crippen molar-refractivity contribution in [3.63, 3.8) is 0 Å². The summed E-state index contributed by atoms with van der Waals surface area (Å²) in [6.07, 6.45) is 3.81. The molecule has 0 unspecified atom stereocenters. The van der Waals surface area contributed by atoms with E-state index >= 15 is 0 Å². The van der Waals surface area contributed by atoms with Crippen molar-refractivity contribution in [2.24, 2.45) is 10.1 Å². The molecule has 4 nitrogen and oxygen atoms in total. The van der Waals surface area contributed by atoms with Gasteiger partial charge in [0.15, 0.2) is 0 Å². The third kappa shape index (κ3) is 3.97. The molecule has 0 fully saturated rings. The first-order chi connectivity index (χ1) is 12.4. The molecule has 2 aromatic heterocycles. The van der Waals surface area contributed by atoms with Gasteiger partial charge >= 0.3 is 0 Å². The molecule has 0 N–H and O–H groups in total. The number of aliphatic imine (C=N–C) groups is 1. The van der Waals surface area contributed by atoms with Gasteiger partial charge in [0.25, 0.3) is 0 Å². The van der Waals surface area contributed by atoms with Gasteiger partial charge in [-0.05, 0) is 70.0 Å². The van der Waals surface area contributed by atoms with Gasteiger partial charge in [-0.2, -0.15) is 5.10 Å². The minimum Gasteiger partial charge on any atom is -0.251 e. The molecular formula is C22H24N4. The maximum absolute atomic E-state index is 4.85. The number of aryl methyl sites for hydroxylation is 3. The molecule has 0 atom stereocenters. The van der Waals surface area contributed by atoms with Crippen molar-refractivity contribution < 1.29 is 0 Å². The van der Waals surface area contributed by atoms with Crippen molar-refractivity contribution in [1.29, 1.82) is 0 Å². The second-order valence-corrected chi connectivity index (χ2v) is 6.60. The lowest BCUT2D eigenvalue weighted by molar-refractivity contribution is 0.884. The molecule has 4 heteroatoms. The van der Waals surface area contributed by atoms with E-state index in [1.807, 2.05) is 56.6 Å². The summed E-state index contributed by atoms with van der Waals surface area (Å²) >= 11 is 0. The van der Waals surface area contributed by atoms with Gasteiger partial charge in [0.05, 0.1) is 28.5 Å². The number of benzene rings is 1. The Balaban J connectivity index is 1.95. The molecule has 0 aliphatic heterocycles. The van der Waals surface area contributed by atoms with Crippen LogP contribution in [-0.2, 0) is 0 Å². The summed E-state index contributed by atoms with van der Waals surface area (Å²) in [5.41, 5.74) is 8.12. The van der Waals surface area contributed by atoms with Gasteiger partial charge < -0.3 is 0 Å². The average molecular weight is 344 g/mol. The van der Waals surface area contributed by atoms with Crippen LogP contribution in [-0.4, -0.2) is 21.1 Å². The largest absolute Gasteiger partial charge is 0.251 e. The zero-order valence-electron chi connectivity index (χ0n) is 16.0. The molecule has 3 rings (SSSR count). The second-order valence-electron chi connectivity index (χ2n) is 6.60. The lowest BCUT2D eigenvalue weighted by Crippen LogP contribution is -2.06. The van der Waals surface area contributed by atoms with Gasteiger partial charge in [-0.25, -0.2) is 9.66 Å². The van der Waals surface area contributed by atoms with E-state index in [-0.39, 0.29) is 0 Å². The lowest BCUT2D eigenvalue weighted by Gasteiger charge is -2.09. The van der Waals surface area contributed by atoms with Crippen LogP contribution < -0.4 is 0 Å². The number of aromatic nitrogens is 2. The minimum atomic E-state index is 0.850. The Morgan fingerprint density at radius 3 is 2.04 bits per heavy atom. The summed E-state index contributed by atoms with van der Waals surface area (Å²) < 4.78 is 1.78. The van der Waals surface area contributed by atoms with Gasteiger partial charge in [-0.1, -0.05) is 23.8 Å². The van der Waals surface area contributed by atoms with E-state index in [1.54, 1.807) is 4.68 Å². The molecule has 132 valence electrons. The zero-order valence-corrected chi connectivity index (χ0v) is 16.0. The Morgan fingerprint density at radius 2 is 1.42 bits per heavy atom. The van der Waals surface area contributed by atoms with Crippen molar-refractivity contribution in [3.05, 3.63) is 82.9 Å². The van der Waals surface area contributed by atoms with Crippen molar-refractivity contribution >= 4 is 17.1 Å². The molecule has 0 amide bonds. The third-order valence-corrected chi connectivity index (χ3v) is 4.26. The fourth-order valence-electron chi connectivity index (χ4n) is 3.03. The molecule has 2 heterocycles. The Labute approximate surface area is 154 Å². The van der Waals surface area contributed by atoms with Gasteiger partial charge in [-0.3, -0.25) is 4.99 Å². The predicted molar refractivity (Wildman–Crippen MR) is 109 cm³/mol. The van der Waals surface area contributed by atoms with Crippen LogP contribution in [0.1, 0.15) is 41.9 Å². The lowest BCUT2D eigenvalue weighted by atomic mass is 10.1.